The monoisotopic (exact) mass is 341 g/mol. The average Bonchev–Trinajstić information content (AvgIpc) is 2.51. The zero-order chi connectivity index (χ0) is 17.2. The zero-order valence-corrected chi connectivity index (χ0v) is 14.4. The van der Waals surface area contributed by atoms with E-state index in [1.54, 1.807) is 0 Å². The summed E-state index contributed by atoms with van der Waals surface area (Å²) in [6.07, 6.45) is 3.21. The molecule has 128 valence electrons. The van der Waals surface area contributed by atoms with Gasteiger partial charge in [-0.2, -0.15) is 0 Å². The number of anilines is 1. The first kappa shape index (κ1) is 17.7. The summed E-state index contributed by atoms with van der Waals surface area (Å²) >= 11 is 0. The second-order valence-electron chi connectivity index (χ2n) is 6.16. The van der Waals surface area contributed by atoms with Crippen molar-refractivity contribution < 1.29 is 13.3 Å². The Morgan fingerprint density at radius 1 is 1.26 bits per heavy atom. The van der Waals surface area contributed by atoms with E-state index in [2.05, 4.69) is 23.9 Å². The van der Waals surface area contributed by atoms with Crippen LogP contribution >= 0.6 is 0 Å². The molecule has 1 aliphatic carbocycles. The summed E-state index contributed by atoms with van der Waals surface area (Å²) in [7, 11) is -2.43. The summed E-state index contributed by atoms with van der Waals surface area (Å²) in [6.45, 7) is 4.34. The summed E-state index contributed by atoms with van der Waals surface area (Å²) in [5.74, 6) is 0.966. The van der Waals surface area contributed by atoms with E-state index in [-0.39, 0.29) is 16.6 Å². The Morgan fingerprint density at radius 3 is 2.57 bits per heavy atom. The average molecular weight is 341 g/mol. The number of hydrogen-bond donors (Lipinski definition) is 2. The highest BCUT2D eigenvalue weighted by molar-refractivity contribution is 7.89. The van der Waals surface area contributed by atoms with Crippen molar-refractivity contribution in [1.29, 1.82) is 0 Å². The van der Waals surface area contributed by atoms with E-state index < -0.39 is 14.9 Å². The van der Waals surface area contributed by atoms with Gasteiger partial charge in [-0.3, -0.25) is 10.1 Å². The van der Waals surface area contributed by atoms with Crippen LogP contribution < -0.4 is 10.0 Å². The lowest BCUT2D eigenvalue weighted by Crippen LogP contribution is -2.35. The number of nitrogens with zero attached hydrogens (tertiary/aromatic N) is 1. The predicted octanol–water partition coefficient (Wildman–Crippen LogP) is 2.74. The third kappa shape index (κ3) is 3.81. The Morgan fingerprint density at radius 2 is 1.96 bits per heavy atom. The normalized spacial score (nSPS) is 25.1. The minimum absolute atomic E-state index is 0.109. The standard InChI is InChI=1S/C15H23N3O4S/c1-10-5-4-6-13(11(10)2)17-14-8-7-12(23(21,22)16-3)9-15(14)18(19)20/h7-11,13,16-17H,4-6H2,1-3H3/t10-,11+,13-/m1/s1. The van der Waals surface area contributed by atoms with Crippen LogP contribution in [0.3, 0.4) is 0 Å². The molecule has 2 N–H and O–H groups in total. The molecule has 0 unspecified atom stereocenters. The molecule has 1 aromatic carbocycles. The van der Waals surface area contributed by atoms with Gasteiger partial charge in [0.15, 0.2) is 0 Å². The van der Waals surface area contributed by atoms with Crippen molar-refractivity contribution in [1.82, 2.24) is 4.72 Å². The highest BCUT2D eigenvalue weighted by atomic mass is 32.2. The van der Waals surface area contributed by atoms with Gasteiger partial charge in [0, 0.05) is 12.1 Å². The first-order valence-electron chi connectivity index (χ1n) is 7.74. The molecule has 8 heteroatoms. The quantitative estimate of drug-likeness (QED) is 0.633. The molecule has 0 amide bonds. The molecule has 1 fully saturated rings. The van der Waals surface area contributed by atoms with Gasteiger partial charge < -0.3 is 5.32 Å². The van der Waals surface area contributed by atoms with Gasteiger partial charge >= 0.3 is 0 Å². The van der Waals surface area contributed by atoms with Crippen LogP contribution in [0.25, 0.3) is 0 Å². The molecule has 2 rings (SSSR count). The van der Waals surface area contributed by atoms with Crippen LogP contribution in [-0.2, 0) is 10.0 Å². The van der Waals surface area contributed by atoms with Crippen molar-refractivity contribution in [3.05, 3.63) is 28.3 Å². The highest BCUT2D eigenvalue weighted by Gasteiger charge is 2.29. The van der Waals surface area contributed by atoms with Gasteiger partial charge in [-0.1, -0.05) is 26.7 Å². The molecule has 1 saturated carbocycles. The van der Waals surface area contributed by atoms with Gasteiger partial charge in [0.05, 0.1) is 9.82 Å². The summed E-state index contributed by atoms with van der Waals surface area (Å²) in [5.41, 5.74) is 0.155. The van der Waals surface area contributed by atoms with Crippen molar-refractivity contribution in [2.75, 3.05) is 12.4 Å². The Bertz CT molecular complexity index is 690. The summed E-state index contributed by atoms with van der Waals surface area (Å²) in [6, 6.07) is 4.13. The maximum atomic E-state index is 11.8. The lowest BCUT2D eigenvalue weighted by atomic mass is 9.78. The van der Waals surface area contributed by atoms with Crippen LogP contribution in [0.1, 0.15) is 33.1 Å². The van der Waals surface area contributed by atoms with E-state index in [4.69, 9.17) is 0 Å². The number of nitro benzene ring substituents is 1. The predicted molar refractivity (Wildman–Crippen MR) is 88.9 cm³/mol. The first-order valence-corrected chi connectivity index (χ1v) is 9.23. The highest BCUT2D eigenvalue weighted by Crippen LogP contribution is 2.34. The number of sulfonamides is 1. The molecule has 0 radical (unpaired) electrons. The second-order valence-corrected chi connectivity index (χ2v) is 8.05. The van der Waals surface area contributed by atoms with Gasteiger partial charge in [-0.25, -0.2) is 13.1 Å². The van der Waals surface area contributed by atoms with Crippen molar-refractivity contribution in [3.8, 4) is 0 Å². The minimum Gasteiger partial charge on any atom is -0.376 e. The van der Waals surface area contributed by atoms with Crippen LogP contribution in [0.15, 0.2) is 23.1 Å². The smallest absolute Gasteiger partial charge is 0.293 e. The molecule has 3 atom stereocenters. The molecule has 1 aliphatic rings. The van der Waals surface area contributed by atoms with Crippen LogP contribution in [0.2, 0.25) is 0 Å². The van der Waals surface area contributed by atoms with E-state index in [9.17, 15) is 18.5 Å². The molecule has 23 heavy (non-hydrogen) atoms. The van der Waals surface area contributed by atoms with Gasteiger partial charge in [-0.05, 0) is 37.4 Å². The Hall–Kier alpha value is -1.67. The molecule has 0 aromatic heterocycles. The SMILES string of the molecule is CNS(=O)(=O)c1ccc(N[C@@H]2CCC[C@@H](C)[C@@H]2C)c([N+](=O)[O-])c1. The summed E-state index contributed by atoms with van der Waals surface area (Å²) < 4.78 is 25.8. The van der Waals surface area contributed by atoms with Crippen molar-refractivity contribution in [2.24, 2.45) is 11.8 Å². The lowest BCUT2D eigenvalue weighted by Gasteiger charge is -2.35. The minimum atomic E-state index is -3.71. The van der Waals surface area contributed by atoms with Crippen LogP contribution in [0.4, 0.5) is 11.4 Å². The van der Waals surface area contributed by atoms with Gasteiger partial charge in [0.25, 0.3) is 5.69 Å². The molecule has 0 spiro atoms. The Balaban J connectivity index is 2.33. The van der Waals surface area contributed by atoms with Crippen molar-refractivity contribution in [2.45, 2.75) is 44.0 Å². The molecule has 0 aliphatic heterocycles. The van der Waals surface area contributed by atoms with E-state index in [1.807, 2.05) is 0 Å². The third-order valence-electron chi connectivity index (χ3n) is 4.79. The molecule has 0 heterocycles. The van der Waals surface area contributed by atoms with Gasteiger partial charge in [0.1, 0.15) is 5.69 Å². The van der Waals surface area contributed by atoms with Gasteiger partial charge in [0.2, 0.25) is 10.0 Å². The number of rotatable bonds is 5. The fourth-order valence-electron chi connectivity index (χ4n) is 3.06. The number of nitrogens with one attached hydrogen (secondary N) is 2. The molecular weight excluding hydrogens is 318 g/mol. The lowest BCUT2D eigenvalue weighted by molar-refractivity contribution is -0.384. The van der Waals surface area contributed by atoms with Gasteiger partial charge in [-0.15, -0.1) is 0 Å². The van der Waals surface area contributed by atoms with Crippen LogP contribution in [0.5, 0.6) is 0 Å². The number of hydrogen-bond acceptors (Lipinski definition) is 5. The van der Waals surface area contributed by atoms with E-state index in [0.717, 1.165) is 18.9 Å². The van der Waals surface area contributed by atoms with Crippen LogP contribution in [0, 0.1) is 22.0 Å². The molecular formula is C15H23N3O4S. The van der Waals surface area contributed by atoms with Crippen molar-refractivity contribution in [3.63, 3.8) is 0 Å². The number of benzene rings is 1. The number of nitro groups is 1. The summed E-state index contributed by atoms with van der Waals surface area (Å²) in [4.78, 5) is 10.7. The molecule has 0 saturated heterocycles. The van der Waals surface area contributed by atoms with Crippen LogP contribution in [-0.4, -0.2) is 26.4 Å². The fourth-order valence-corrected chi connectivity index (χ4v) is 3.80. The Kier molecular flexibility index (Phi) is 5.26. The zero-order valence-electron chi connectivity index (χ0n) is 13.6. The third-order valence-corrected chi connectivity index (χ3v) is 6.20. The van der Waals surface area contributed by atoms with E-state index in [0.29, 0.717) is 17.5 Å². The first-order chi connectivity index (χ1) is 10.8. The Labute approximate surface area is 136 Å². The molecule has 7 nitrogen and oxygen atoms in total. The molecule has 1 aromatic rings. The van der Waals surface area contributed by atoms with E-state index in [1.165, 1.54) is 25.6 Å². The topological polar surface area (TPSA) is 101 Å². The largest absolute Gasteiger partial charge is 0.376 e. The molecule has 0 bridgehead atoms. The van der Waals surface area contributed by atoms with E-state index >= 15 is 0 Å². The second kappa shape index (κ2) is 6.84. The fraction of sp³-hybridized carbons (Fsp3) is 0.600. The van der Waals surface area contributed by atoms with Crippen molar-refractivity contribution >= 4 is 21.4 Å². The maximum absolute atomic E-state index is 11.8. The maximum Gasteiger partial charge on any atom is 0.293 e. The summed E-state index contributed by atoms with van der Waals surface area (Å²) in [5, 5.41) is 14.6.